The van der Waals surface area contributed by atoms with Gasteiger partial charge in [0, 0.05) is 46.5 Å². The van der Waals surface area contributed by atoms with Gasteiger partial charge in [0.1, 0.15) is 6.04 Å². The van der Waals surface area contributed by atoms with E-state index in [1.807, 2.05) is 48.5 Å². The molecule has 0 unspecified atom stereocenters. The third kappa shape index (κ3) is 5.61. The Morgan fingerprint density at radius 2 is 1.57 bits per heavy atom. The average Bonchev–Trinajstić information content (AvgIpc) is 3.23. The van der Waals surface area contributed by atoms with Crippen molar-refractivity contribution in [1.29, 1.82) is 0 Å². The lowest BCUT2D eigenvalue weighted by molar-refractivity contribution is -0.140. The summed E-state index contributed by atoms with van der Waals surface area (Å²) in [5.41, 5.74) is 1.76. The van der Waals surface area contributed by atoms with Crippen LogP contribution in [0.3, 0.4) is 0 Å². The second-order valence-corrected chi connectivity index (χ2v) is 12.1. The van der Waals surface area contributed by atoms with Crippen molar-refractivity contribution < 1.29 is 23.1 Å². The number of nitrogens with zero attached hydrogens (tertiary/aromatic N) is 2. The highest BCUT2D eigenvalue weighted by Crippen LogP contribution is 2.37. The van der Waals surface area contributed by atoms with Crippen molar-refractivity contribution in [2.45, 2.75) is 31.3 Å². The second-order valence-electron chi connectivity index (χ2n) is 9.30. The van der Waals surface area contributed by atoms with Crippen molar-refractivity contribution >= 4 is 59.2 Å². The van der Waals surface area contributed by atoms with Gasteiger partial charge in [0.25, 0.3) is 0 Å². The molecule has 0 aliphatic carbocycles. The van der Waals surface area contributed by atoms with E-state index in [-0.39, 0.29) is 10.9 Å². The van der Waals surface area contributed by atoms with Gasteiger partial charge in [-0.3, -0.25) is 9.69 Å². The van der Waals surface area contributed by atoms with Gasteiger partial charge in [0.05, 0.1) is 4.90 Å². The zero-order valence-electron chi connectivity index (χ0n) is 21.0. The molecular weight excluding hydrogens is 510 g/mol. The number of anilines is 1. The van der Waals surface area contributed by atoms with E-state index in [0.29, 0.717) is 6.54 Å². The molecule has 3 aromatic carbocycles. The molecule has 0 radical (unpaired) electrons. The topological polar surface area (TPSA) is 107 Å². The normalized spacial score (nSPS) is 12.7. The van der Waals surface area contributed by atoms with E-state index in [9.17, 15) is 23.1 Å². The van der Waals surface area contributed by atoms with Gasteiger partial charge in [0.2, 0.25) is 10.0 Å². The van der Waals surface area contributed by atoms with E-state index in [4.69, 9.17) is 0 Å². The Morgan fingerprint density at radius 1 is 0.946 bits per heavy atom. The van der Waals surface area contributed by atoms with Crippen LogP contribution in [-0.4, -0.2) is 50.6 Å². The fraction of sp³-hybridized carbons (Fsp3) is 0.259. The number of thiophene rings is 1. The lowest BCUT2D eigenvalue weighted by atomic mass is 10.1. The quantitative estimate of drug-likeness (QED) is 0.323. The van der Waals surface area contributed by atoms with Gasteiger partial charge < -0.3 is 10.0 Å². The third-order valence-corrected chi connectivity index (χ3v) is 8.77. The molecule has 0 saturated heterocycles. The fourth-order valence-electron chi connectivity index (χ4n) is 4.12. The van der Waals surface area contributed by atoms with Crippen LogP contribution in [-0.2, 0) is 21.4 Å². The predicted octanol–water partition coefficient (Wildman–Crippen LogP) is 5.13. The molecular formula is C27H29N3O5S2. The molecule has 4 rings (SSSR count). The molecule has 4 aromatic rings. The fourth-order valence-corrected chi connectivity index (χ4v) is 6.74. The van der Waals surface area contributed by atoms with Crippen molar-refractivity contribution in [2.24, 2.45) is 5.92 Å². The monoisotopic (exact) mass is 539 g/mol. The molecule has 2 amide bonds. The maximum atomic E-state index is 13.0. The van der Waals surface area contributed by atoms with Crippen molar-refractivity contribution in [2.75, 3.05) is 19.0 Å². The molecule has 1 heterocycles. The Morgan fingerprint density at radius 3 is 2.19 bits per heavy atom. The van der Waals surface area contributed by atoms with E-state index in [0.717, 1.165) is 31.4 Å². The number of carbonyl (C=O) groups excluding carboxylic acids is 1. The maximum absolute atomic E-state index is 13.0. The van der Waals surface area contributed by atoms with Crippen molar-refractivity contribution in [3.05, 3.63) is 72.3 Å². The minimum atomic E-state index is -4.03. The summed E-state index contributed by atoms with van der Waals surface area (Å²) in [6, 6.07) is 18.9. The van der Waals surface area contributed by atoms with Gasteiger partial charge in [-0.2, -0.15) is 4.72 Å². The number of fused-ring (bicyclic) bond motifs is 3. The Kier molecular flexibility index (Phi) is 7.54. The van der Waals surface area contributed by atoms with Gasteiger partial charge in [-0.15, -0.1) is 11.3 Å². The number of benzene rings is 3. The number of carbonyl (C=O) groups is 2. The minimum absolute atomic E-state index is 0.00788. The number of hydrogen-bond acceptors (Lipinski definition) is 5. The molecule has 0 bridgehead atoms. The molecule has 37 heavy (non-hydrogen) atoms. The summed E-state index contributed by atoms with van der Waals surface area (Å²) >= 11 is 1.42. The third-order valence-electron chi connectivity index (χ3n) is 6.22. The molecule has 8 nitrogen and oxygen atoms in total. The summed E-state index contributed by atoms with van der Waals surface area (Å²) < 4.78 is 29.8. The number of urea groups is 1. The summed E-state index contributed by atoms with van der Waals surface area (Å²) in [5, 5.41) is 11.2. The highest BCUT2D eigenvalue weighted by atomic mass is 32.2. The largest absolute Gasteiger partial charge is 0.480 e. The van der Waals surface area contributed by atoms with Gasteiger partial charge >= 0.3 is 12.0 Å². The van der Waals surface area contributed by atoms with E-state index in [1.54, 1.807) is 49.9 Å². The smallest absolute Gasteiger partial charge is 0.324 e. The number of aliphatic carboxylic acids is 1. The Bertz CT molecular complexity index is 1570. The predicted molar refractivity (Wildman–Crippen MR) is 148 cm³/mol. The van der Waals surface area contributed by atoms with E-state index in [2.05, 4.69) is 4.72 Å². The summed E-state index contributed by atoms with van der Waals surface area (Å²) in [5.74, 6) is -1.63. The molecule has 1 atom stereocenters. The van der Waals surface area contributed by atoms with Gasteiger partial charge in [-0.05, 0) is 35.7 Å². The Balaban J connectivity index is 1.60. The van der Waals surface area contributed by atoms with Gasteiger partial charge in [-0.1, -0.05) is 56.3 Å². The highest BCUT2D eigenvalue weighted by molar-refractivity contribution is 7.89. The van der Waals surface area contributed by atoms with Crippen molar-refractivity contribution in [1.82, 2.24) is 9.62 Å². The number of sulfonamides is 1. The maximum Gasteiger partial charge on any atom is 0.324 e. The molecule has 0 saturated carbocycles. The van der Waals surface area contributed by atoms with Crippen LogP contribution in [0.1, 0.15) is 19.4 Å². The lowest BCUT2D eigenvalue weighted by Crippen LogP contribution is -2.44. The average molecular weight is 540 g/mol. The van der Waals surface area contributed by atoms with Gasteiger partial charge in [0.15, 0.2) is 0 Å². The van der Waals surface area contributed by atoms with Crippen LogP contribution < -0.4 is 9.62 Å². The van der Waals surface area contributed by atoms with Crippen LogP contribution in [0, 0.1) is 5.92 Å². The molecule has 10 heteroatoms. The van der Waals surface area contributed by atoms with Crippen LogP contribution in [0.25, 0.3) is 20.2 Å². The number of rotatable bonds is 8. The Hall–Kier alpha value is -3.47. The van der Waals surface area contributed by atoms with Gasteiger partial charge in [-0.25, -0.2) is 13.2 Å². The molecule has 0 aliphatic heterocycles. The summed E-state index contributed by atoms with van der Waals surface area (Å²) in [6.45, 7) is 3.78. The van der Waals surface area contributed by atoms with Crippen LogP contribution in [0.2, 0.25) is 0 Å². The SMILES string of the molecule is CC(C)[C@H](NS(=O)(=O)c1ccc2c(c1)sc1cc(N(C)C(=O)N(C)Cc3ccccc3)ccc12)C(=O)O. The van der Waals surface area contributed by atoms with Crippen LogP contribution in [0.15, 0.2) is 71.6 Å². The summed E-state index contributed by atoms with van der Waals surface area (Å²) in [4.78, 5) is 27.8. The standard InChI is InChI=1S/C27H29N3O5S2/c1-17(2)25(26(31)32)28-37(34,35)20-11-13-22-21-12-10-19(14-23(21)36-24(22)15-20)30(4)27(33)29(3)16-18-8-6-5-7-9-18/h5-15,17,25,28H,16H2,1-4H3,(H,31,32)/t25-/m0/s1. The van der Waals surface area contributed by atoms with Crippen LogP contribution in [0.5, 0.6) is 0 Å². The first-order valence-electron chi connectivity index (χ1n) is 11.7. The molecule has 0 aliphatic rings. The molecule has 194 valence electrons. The van der Waals surface area contributed by atoms with Crippen LogP contribution >= 0.6 is 11.3 Å². The first kappa shape index (κ1) is 26.6. The zero-order chi connectivity index (χ0) is 26.9. The van der Waals surface area contributed by atoms with E-state index in [1.165, 1.54) is 17.4 Å². The second kappa shape index (κ2) is 10.5. The number of carboxylic acids is 1. The van der Waals surface area contributed by atoms with E-state index < -0.39 is 28.0 Å². The Labute approximate surface area is 220 Å². The molecule has 1 aromatic heterocycles. The number of carboxylic acid groups (broad SMARTS) is 1. The summed E-state index contributed by atoms with van der Waals surface area (Å²) in [7, 11) is -0.547. The first-order chi connectivity index (χ1) is 17.5. The summed E-state index contributed by atoms with van der Waals surface area (Å²) in [6.07, 6.45) is 0. The van der Waals surface area contributed by atoms with Crippen LogP contribution in [0.4, 0.5) is 10.5 Å². The van der Waals surface area contributed by atoms with Crippen molar-refractivity contribution in [3.63, 3.8) is 0 Å². The lowest BCUT2D eigenvalue weighted by Gasteiger charge is -2.25. The number of nitrogens with one attached hydrogen (secondary N) is 1. The minimum Gasteiger partial charge on any atom is -0.480 e. The molecule has 2 N–H and O–H groups in total. The molecule has 0 fully saturated rings. The first-order valence-corrected chi connectivity index (χ1v) is 14.0. The zero-order valence-corrected chi connectivity index (χ0v) is 22.6. The van der Waals surface area contributed by atoms with Crippen molar-refractivity contribution in [3.8, 4) is 0 Å². The number of amides is 2. The number of hydrogen-bond donors (Lipinski definition) is 2. The molecule has 0 spiro atoms. The van der Waals surface area contributed by atoms with E-state index >= 15 is 0 Å². The highest BCUT2D eigenvalue weighted by Gasteiger charge is 2.28.